The molecule has 0 spiro atoms. The SMILES string of the molecule is O=c1cc2ccc(-c3ccc(N4CCOCC4)cn3)cn2[nH]1. The van der Waals surface area contributed by atoms with Crippen molar-refractivity contribution in [1.82, 2.24) is 14.6 Å². The molecule has 4 heterocycles. The van der Waals surface area contributed by atoms with Crippen LogP contribution in [-0.2, 0) is 4.74 Å². The number of nitrogens with zero attached hydrogens (tertiary/aromatic N) is 3. The Hall–Kier alpha value is -2.60. The number of aromatic nitrogens is 3. The normalized spacial score (nSPS) is 15.4. The van der Waals surface area contributed by atoms with Crippen molar-refractivity contribution in [2.24, 2.45) is 0 Å². The molecule has 1 aliphatic rings. The highest BCUT2D eigenvalue weighted by Gasteiger charge is 2.11. The number of hydrogen-bond acceptors (Lipinski definition) is 4. The molecular weight excluding hydrogens is 280 g/mol. The van der Waals surface area contributed by atoms with Gasteiger partial charge in [-0.05, 0) is 24.3 Å². The third kappa shape index (κ3) is 2.37. The van der Waals surface area contributed by atoms with Crippen molar-refractivity contribution < 1.29 is 4.74 Å². The van der Waals surface area contributed by atoms with E-state index in [1.54, 1.807) is 10.6 Å². The fraction of sp³-hybridized carbons (Fsp3) is 0.250. The number of morpholine rings is 1. The van der Waals surface area contributed by atoms with Gasteiger partial charge in [0, 0.05) is 30.9 Å². The first kappa shape index (κ1) is 13.1. The molecule has 4 rings (SSSR count). The molecule has 6 heteroatoms. The molecule has 0 bridgehead atoms. The van der Waals surface area contributed by atoms with Crippen molar-refractivity contribution in [3.05, 3.63) is 53.1 Å². The van der Waals surface area contributed by atoms with Crippen LogP contribution >= 0.6 is 0 Å². The van der Waals surface area contributed by atoms with E-state index in [1.807, 2.05) is 30.6 Å². The minimum absolute atomic E-state index is 0.104. The lowest BCUT2D eigenvalue weighted by Crippen LogP contribution is -2.36. The number of fused-ring (bicyclic) bond motifs is 1. The predicted molar refractivity (Wildman–Crippen MR) is 84.3 cm³/mol. The number of rotatable bonds is 2. The standard InChI is InChI=1S/C16H16N4O2/c21-16-9-13-2-1-12(11-20(13)18-16)15-4-3-14(10-17-15)19-5-7-22-8-6-19/h1-4,9-11H,5-8H2,(H,18,21). The van der Waals surface area contributed by atoms with Gasteiger partial charge in [-0.1, -0.05) is 0 Å². The van der Waals surface area contributed by atoms with Crippen molar-refractivity contribution in [3.8, 4) is 11.3 Å². The van der Waals surface area contributed by atoms with Gasteiger partial charge < -0.3 is 9.64 Å². The lowest BCUT2D eigenvalue weighted by atomic mass is 10.2. The molecule has 112 valence electrons. The average molecular weight is 296 g/mol. The van der Waals surface area contributed by atoms with Gasteiger partial charge in [0.25, 0.3) is 5.56 Å². The zero-order chi connectivity index (χ0) is 14.9. The number of H-pyrrole nitrogens is 1. The summed E-state index contributed by atoms with van der Waals surface area (Å²) in [5.41, 5.74) is 3.70. The highest BCUT2D eigenvalue weighted by Crippen LogP contribution is 2.21. The van der Waals surface area contributed by atoms with Gasteiger partial charge in [-0.3, -0.25) is 19.4 Å². The molecule has 1 aliphatic heterocycles. The Morgan fingerprint density at radius 3 is 2.77 bits per heavy atom. The van der Waals surface area contributed by atoms with E-state index < -0.39 is 0 Å². The second-order valence-electron chi connectivity index (χ2n) is 5.33. The summed E-state index contributed by atoms with van der Waals surface area (Å²) in [6.07, 6.45) is 3.77. The fourth-order valence-corrected chi connectivity index (χ4v) is 2.73. The number of nitrogens with one attached hydrogen (secondary N) is 1. The zero-order valence-corrected chi connectivity index (χ0v) is 12.0. The molecule has 0 radical (unpaired) electrons. The maximum absolute atomic E-state index is 11.3. The van der Waals surface area contributed by atoms with Crippen LogP contribution in [0.25, 0.3) is 16.8 Å². The maximum Gasteiger partial charge on any atom is 0.264 e. The van der Waals surface area contributed by atoms with Crippen LogP contribution in [0.1, 0.15) is 0 Å². The molecule has 1 saturated heterocycles. The molecule has 0 atom stereocenters. The molecule has 3 aromatic heterocycles. The molecule has 3 aromatic rings. The summed E-state index contributed by atoms with van der Waals surface area (Å²) < 4.78 is 7.08. The van der Waals surface area contributed by atoms with E-state index in [0.29, 0.717) is 0 Å². The van der Waals surface area contributed by atoms with Gasteiger partial charge in [0.2, 0.25) is 0 Å². The van der Waals surface area contributed by atoms with Crippen LogP contribution in [0.15, 0.2) is 47.5 Å². The minimum Gasteiger partial charge on any atom is -0.378 e. The second-order valence-corrected chi connectivity index (χ2v) is 5.33. The number of pyridine rings is 2. The summed E-state index contributed by atoms with van der Waals surface area (Å²) in [7, 11) is 0. The lowest BCUT2D eigenvalue weighted by Gasteiger charge is -2.28. The Labute approximate surface area is 127 Å². The van der Waals surface area contributed by atoms with Crippen molar-refractivity contribution in [2.45, 2.75) is 0 Å². The van der Waals surface area contributed by atoms with Crippen LogP contribution in [0.4, 0.5) is 5.69 Å². The molecule has 0 aliphatic carbocycles. The zero-order valence-electron chi connectivity index (χ0n) is 12.0. The fourth-order valence-electron chi connectivity index (χ4n) is 2.73. The molecule has 1 N–H and O–H groups in total. The Balaban J connectivity index is 1.64. The summed E-state index contributed by atoms with van der Waals surface area (Å²) in [5, 5.41) is 2.74. The molecule has 1 fully saturated rings. The quantitative estimate of drug-likeness (QED) is 0.779. The van der Waals surface area contributed by atoms with Gasteiger partial charge in [-0.2, -0.15) is 0 Å². The smallest absolute Gasteiger partial charge is 0.264 e. The molecular formula is C16H16N4O2. The van der Waals surface area contributed by atoms with Crippen molar-refractivity contribution in [2.75, 3.05) is 31.2 Å². The van der Waals surface area contributed by atoms with Crippen LogP contribution in [-0.4, -0.2) is 40.9 Å². The third-order valence-electron chi connectivity index (χ3n) is 3.91. The van der Waals surface area contributed by atoms with Gasteiger partial charge in [0.15, 0.2) is 0 Å². The van der Waals surface area contributed by atoms with Crippen LogP contribution in [0, 0.1) is 0 Å². The average Bonchev–Trinajstić information content (AvgIpc) is 2.95. The third-order valence-corrected chi connectivity index (χ3v) is 3.91. The second kappa shape index (κ2) is 5.31. The van der Waals surface area contributed by atoms with Crippen LogP contribution < -0.4 is 10.5 Å². The first-order valence-corrected chi connectivity index (χ1v) is 7.30. The van der Waals surface area contributed by atoms with E-state index in [9.17, 15) is 4.79 Å². The maximum atomic E-state index is 11.3. The van der Waals surface area contributed by atoms with Crippen molar-refractivity contribution >= 4 is 11.2 Å². The lowest BCUT2D eigenvalue weighted by molar-refractivity contribution is 0.122. The van der Waals surface area contributed by atoms with Crippen molar-refractivity contribution in [1.29, 1.82) is 0 Å². The first-order valence-electron chi connectivity index (χ1n) is 7.30. The van der Waals surface area contributed by atoms with E-state index in [-0.39, 0.29) is 5.56 Å². The van der Waals surface area contributed by atoms with Gasteiger partial charge >= 0.3 is 0 Å². The Bertz CT molecular complexity index is 844. The number of anilines is 1. The number of ether oxygens (including phenoxy) is 1. The summed E-state index contributed by atoms with van der Waals surface area (Å²) in [4.78, 5) is 18.2. The monoisotopic (exact) mass is 296 g/mol. The van der Waals surface area contributed by atoms with Crippen LogP contribution in [0.3, 0.4) is 0 Å². The van der Waals surface area contributed by atoms with Crippen LogP contribution in [0.2, 0.25) is 0 Å². The van der Waals surface area contributed by atoms with Gasteiger partial charge in [-0.15, -0.1) is 0 Å². The number of hydrogen-bond donors (Lipinski definition) is 1. The summed E-state index contributed by atoms with van der Waals surface area (Å²) >= 11 is 0. The van der Waals surface area contributed by atoms with Gasteiger partial charge in [-0.25, -0.2) is 0 Å². The Morgan fingerprint density at radius 1 is 1.14 bits per heavy atom. The molecule has 0 saturated carbocycles. The van der Waals surface area contributed by atoms with Crippen molar-refractivity contribution in [3.63, 3.8) is 0 Å². The largest absolute Gasteiger partial charge is 0.378 e. The highest BCUT2D eigenvalue weighted by atomic mass is 16.5. The topological polar surface area (TPSA) is 62.6 Å². The molecule has 0 unspecified atom stereocenters. The summed E-state index contributed by atoms with van der Waals surface area (Å²) in [5.74, 6) is 0. The Kier molecular flexibility index (Phi) is 3.16. The Morgan fingerprint density at radius 2 is 2.00 bits per heavy atom. The van der Waals surface area contributed by atoms with Crippen LogP contribution in [0.5, 0.6) is 0 Å². The number of aromatic amines is 1. The van der Waals surface area contributed by atoms with Gasteiger partial charge in [0.05, 0.1) is 36.3 Å². The van der Waals surface area contributed by atoms with E-state index in [2.05, 4.69) is 21.0 Å². The predicted octanol–water partition coefficient (Wildman–Crippen LogP) is 1.53. The van der Waals surface area contributed by atoms with E-state index in [1.165, 1.54) is 0 Å². The summed E-state index contributed by atoms with van der Waals surface area (Å²) in [6.45, 7) is 3.33. The van der Waals surface area contributed by atoms with E-state index >= 15 is 0 Å². The summed E-state index contributed by atoms with van der Waals surface area (Å²) in [6, 6.07) is 9.53. The first-order chi connectivity index (χ1) is 10.8. The molecule has 22 heavy (non-hydrogen) atoms. The highest BCUT2D eigenvalue weighted by molar-refractivity contribution is 5.63. The van der Waals surface area contributed by atoms with Gasteiger partial charge in [0.1, 0.15) is 0 Å². The molecule has 0 amide bonds. The van der Waals surface area contributed by atoms with E-state index in [0.717, 1.165) is 48.8 Å². The molecule has 0 aromatic carbocycles. The molecule has 6 nitrogen and oxygen atoms in total. The van der Waals surface area contributed by atoms with E-state index in [4.69, 9.17) is 4.74 Å². The minimum atomic E-state index is -0.104.